The van der Waals surface area contributed by atoms with E-state index in [1.54, 1.807) is 19.4 Å². The molecule has 0 aliphatic carbocycles. The fourth-order valence-electron chi connectivity index (χ4n) is 2.43. The van der Waals surface area contributed by atoms with E-state index in [1.165, 1.54) is 0 Å². The Bertz CT molecular complexity index is 841. The zero-order valence-electron chi connectivity index (χ0n) is 12.3. The SMILES string of the molecule is COc1cc(Cl)cc(C)c1-c1nc2nc(C)cnc2n1C. The van der Waals surface area contributed by atoms with Crippen LogP contribution in [-0.2, 0) is 7.05 Å². The lowest BCUT2D eigenvalue weighted by atomic mass is 10.1. The second kappa shape index (κ2) is 5.00. The molecule has 1 aromatic carbocycles. The number of hydrogen-bond acceptors (Lipinski definition) is 4. The molecule has 0 aliphatic heterocycles. The van der Waals surface area contributed by atoms with E-state index in [0.29, 0.717) is 16.4 Å². The summed E-state index contributed by atoms with van der Waals surface area (Å²) in [6, 6.07) is 3.68. The Morgan fingerprint density at radius 3 is 2.67 bits per heavy atom. The van der Waals surface area contributed by atoms with Gasteiger partial charge in [0.1, 0.15) is 11.6 Å². The number of nitrogens with zero attached hydrogens (tertiary/aromatic N) is 4. The van der Waals surface area contributed by atoms with Crippen LogP contribution in [-0.4, -0.2) is 26.6 Å². The van der Waals surface area contributed by atoms with Crippen LogP contribution in [0.25, 0.3) is 22.7 Å². The molecule has 0 bridgehead atoms. The van der Waals surface area contributed by atoms with Gasteiger partial charge in [0.15, 0.2) is 11.3 Å². The number of benzene rings is 1. The Balaban J connectivity index is 2.33. The van der Waals surface area contributed by atoms with Crippen molar-refractivity contribution in [3.8, 4) is 17.1 Å². The molecule has 21 heavy (non-hydrogen) atoms. The number of methoxy groups -OCH3 is 1. The van der Waals surface area contributed by atoms with Gasteiger partial charge in [0, 0.05) is 12.1 Å². The van der Waals surface area contributed by atoms with Gasteiger partial charge in [-0.2, -0.15) is 0 Å². The zero-order chi connectivity index (χ0) is 15.1. The van der Waals surface area contributed by atoms with E-state index in [1.807, 2.05) is 31.5 Å². The van der Waals surface area contributed by atoms with Gasteiger partial charge in [0.2, 0.25) is 0 Å². The third kappa shape index (κ3) is 2.23. The van der Waals surface area contributed by atoms with E-state index < -0.39 is 0 Å². The monoisotopic (exact) mass is 302 g/mol. The summed E-state index contributed by atoms with van der Waals surface area (Å²) < 4.78 is 7.37. The molecule has 0 unspecified atom stereocenters. The quantitative estimate of drug-likeness (QED) is 0.729. The molecule has 5 nitrogen and oxygen atoms in total. The van der Waals surface area contributed by atoms with Gasteiger partial charge in [-0.25, -0.2) is 15.0 Å². The highest BCUT2D eigenvalue weighted by atomic mass is 35.5. The van der Waals surface area contributed by atoms with Crippen LogP contribution in [0, 0.1) is 13.8 Å². The largest absolute Gasteiger partial charge is 0.496 e. The molecule has 2 heterocycles. The average Bonchev–Trinajstić information content (AvgIpc) is 2.74. The molecular formula is C15H15ClN4O. The number of aryl methyl sites for hydroxylation is 3. The fourth-order valence-corrected chi connectivity index (χ4v) is 2.69. The molecule has 3 rings (SSSR count). The van der Waals surface area contributed by atoms with Gasteiger partial charge in [-0.1, -0.05) is 11.6 Å². The lowest BCUT2D eigenvalue weighted by Gasteiger charge is -2.12. The molecule has 108 valence electrons. The minimum Gasteiger partial charge on any atom is -0.496 e. The zero-order valence-corrected chi connectivity index (χ0v) is 13.1. The Morgan fingerprint density at radius 1 is 1.19 bits per heavy atom. The van der Waals surface area contributed by atoms with E-state index in [-0.39, 0.29) is 0 Å². The highest BCUT2D eigenvalue weighted by Gasteiger charge is 2.18. The highest BCUT2D eigenvalue weighted by Crippen LogP contribution is 2.35. The summed E-state index contributed by atoms with van der Waals surface area (Å²) in [5.41, 5.74) is 4.11. The van der Waals surface area contributed by atoms with E-state index >= 15 is 0 Å². The first-order valence-corrected chi connectivity index (χ1v) is 6.89. The third-order valence-corrected chi connectivity index (χ3v) is 3.63. The molecule has 0 atom stereocenters. The Labute approximate surface area is 127 Å². The lowest BCUT2D eigenvalue weighted by molar-refractivity contribution is 0.415. The van der Waals surface area contributed by atoms with E-state index in [4.69, 9.17) is 16.3 Å². The molecule has 0 saturated heterocycles. The Kier molecular flexibility index (Phi) is 3.29. The fraction of sp³-hybridized carbons (Fsp3) is 0.267. The first kappa shape index (κ1) is 13.8. The standard InChI is InChI=1S/C15H15ClN4O/c1-8-5-10(16)6-11(21-4)12(8)14-19-13-15(20(14)3)17-7-9(2)18-13/h5-7H,1-4H3. The van der Waals surface area contributed by atoms with E-state index in [0.717, 1.165) is 28.3 Å². The topological polar surface area (TPSA) is 52.8 Å². The smallest absolute Gasteiger partial charge is 0.198 e. The molecule has 6 heteroatoms. The number of halogens is 1. The van der Waals surface area contributed by atoms with Gasteiger partial charge in [-0.3, -0.25) is 0 Å². The van der Waals surface area contributed by atoms with Crippen LogP contribution in [0.1, 0.15) is 11.3 Å². The van der Waals surface area contributed by atoms with Crippen LogP contribution in [0.3, 0.4) is 0 Å². The summed E-state index contributed by atoms with van der Waals surface area (Å²) in [5, 5.41) is 0.638. The third-order valence-electron chi connectivity index (χ3n) is 3.41. The minimum atomic E-state index is 0.629. The molecule has 0 radical (unpaired) electrons. The summed E-state index contributed by atoms with van der Waals surface area (Å²) in [4.78, 5) is 13.4. The van der Waals surface area contributed by atoms with Gasteiger partial charge < -0.3 is 9.30 Å². The first-order valence-electron chi connectivity index (χ1n) is 6.52. The second-order valence-electron chi connectivity index (χ2n) is 4.95. The van der Waals surface area contributed by atoms with Crippen molar-refractivity contribution < 1.29 is 4.74 Å². The van der Waals surface area contributed by atoms with Crippen LogP contribution < -0.4 is 4.74 Å². The van der Waals surface area contributed by atoms with Crippen molar-refractivity contribution in [1.29, 1.82) is 0 Å². The molecule has 3 aromatic rings. The second-order valence-corrected chi connectivity index (χ2v) is 5.39. The number of ether oxygens (including phenoxy) is 1. The predicted molar refractivity (Wildman–Crippen MR) is 82.8 cm³/mol. The number of imidazole rings is 1. The highest BCUT2D eigenvalue weighted by molar-refractivity contribution is 6.31. The molecule has 0 spiro atoms. The number of hydrogen-bond donors (Lipinski definition) is 0. The van der Waals surface area contributed by atoms with Crippen LogP contribution in [0.15, 0.2) is 18.3 Å². The molecule has 0 aliphatic rings. The van der Waals surface area contributed by atoms with Gasteiger partial charge in [-0.15, -0.1) is 0 Å². The van der Waals surface area contributed by atoms with Gasteiger partial charge in [0.25, 0.3) is 0 Å². The molecule has 0 amide bonds. The summed E-state index contributed by atoms with van der Waals surface area (Å²) in [5.74, 6) is 1.46. The normalized spacial score (nSPS) is 11.1. The number of rotatable bonds is 2. The van der Waals surface area contributed by atoms with Crippen molar-refractivity contribution in [3.63, 3.8) is 0 Å². The van der Waals surface area contributed by atoms with E-state index in [9.17, 15) is 0 Å². The van der Waals surface area contributed by atoms with E-state index in [2.05, 4.69) is 15.0 Å². The molecule has 2 aromatic heterocycles. The molecule has 0 saturated carbocycles. The number of fused-ring (bicyclic) bond motifs is 1. The Morgan fingerprint density at radius 2 is 1.95 bits per heavy atom. The van der Waals surface area contributed by atoms with Gasteiger partial charge in [0.05, 0.1) is 24.6 Å². The summed E-state index contributed by atoms with van der Waals surface area (Å²) in [7, 11) is 3.54. The van der Waals surface area contributed by atoms with Crippen molar-refractivity contribution >= 4 is 22.9 Å². The first-order chi connectivity index (χ1) is 10.0. The van der Waals surface area contributed by atoms with Gasteiger partial charge in [-0.05, 0) is 31.5 Å². The van der Waals surface area contributed by atoms with Crippen molar-refractivity contribution in [3.05, 3.63) is 34.6 Å². The summed E-state index contributed by atoms with van der Waals surface area (Å²) in [6.45, 7) is 3.88. The Hall–Kier alpha value is -2.14. The van der Waals surface area contributed by atoms with Crippen LogP contribution in [0.2, 0.25) is 5.02 Å². The van der Waals surface area contributed by atoms with Crippen molar-refractivity contribution in [2.75, 3.05) is 7.11 Å². The maximum Gasteiger partial charge on any atom is 0.198 e. The van der Waals surface area contributed by atoms with Crippen molar-refractivity contribution in [2.45, 2.75) is 13.8 Å². The number of aromatic nitrogens is 4. The molecule has 0 N–H and O–H groups in total. The van der Waals surface area contributed by atoms with Crippen LogP contribution >= 0.6 is 11.6 Å². The maximum absolute atomic E-state index is 6.10. The lowest BCUT2D eigenvalue weighted by Crippen LogP contribution is -1.98. The molecular weight excluding hydrogens is 288 g/mol. The van der Waals surface area contributed by atoms with Crippen LogP contribution in [0.4, 0.5) is 0 Å². The summed E-state index contributed by atoms with van der Waals surface area (Å²) in [6.07, 6.45) is 1.74. The average molecular weight is 303 g/mol. The molecule has 0 fully saturated rings. The van der Waals surface area contributed by atoms with Crippen molar-refractivity contribution in [1.82, 2.24) is 19.5 Å². The summed E-state index contributed by atoms with van der Waals surface area (Å²) >= 11 is 6.10. The van der Waals surface area contributed by atoms with Crippen molar-refractivity contribution in [2.24, 2.45) is 7.05 Å². The van der Waals surface area contributed by atoms with Crippen LogP contribution in [0.5, 0.6) is 5.75 Å². The maximum atomic E-state index is 6.10. The van der Waals surface area contributed by atoms with Gasteiger partial charge >= 0.3 is 0 Å². The minimum absolute atomic E-state index is 0.629. The predicted octanol–water partition coefficient (Wildman–Crippen LogP) is 3.31.